The molecular weight excluding hydrogens is 279 g/mol. The Hall–Kier alpha value is -1.13. The maximum absolute atomic E-state index is 13.2. The lowest BCUT2D eigenvalue weighted by molar-refractivity contribution is -0.0178. The predicted molar refractivity (Wildman–Crippen MR) is 84.6 cm³/mol. The molecule has 120 valence electrons. The summed E-state index contributed by atoms with van der Waals surface area (Å²) in [6.45, 7) is 6.12. The minimum absolute atomic E-state index is 0.220. The third-order valence-corrected chi connectivity index (χ3v) is 5.67. The van der Waals surface area contributed by atoms with Gasteiger partial charge in [-0.3, -0.25) is 4.90 Å². The molecule has 0 aliphatic carbocycles. The van der Waals surface area contributed by atoms with Gasteiger partial charge in [-0.2, -0.15) is 0 Å². The molecule has 0 saturated carbocycles. The van der Waals surface area contributed by atoms with Gasteiger partial charge < -0.3 is 9.64 Å². The normalized spacial score (nSPS) is 33.0. The van der Waals surface area contributed by atoms with Crippen LogP contribution in [0.15, 0.2) is 24.3 Å². The highest BCUT2D eigenvalue weighted by Crippen LogP contribution is 2.32. The zero-order valence-corrected chi connectivity index (χ0v) is 13.1. The second-order valence-corrected chi connectivity index (χ2v) is 7.02. The summed E-state index contributed by atoms with van der Waals surface area (Å²) in [6, 6.07) is 7.27. The summed E-state index contributed by atoms with van der Waals surface area (Å²) in [5.41, 5.74) is 0. The summed E-state index contributed by atoms with van der Waals surface area (Å²) in [7, 11) is 0. The fourth-order valence-corrected chi connectivity index (χ4v) is 4.41. The SMILES string of the molecule is Fc1cccc(OC2CCN([C@H]3CN4CCC3CC4)CC2)c1. The Balaban J connectivity index is 1.31. The van der Waals surface area contributed by atoms with Crippen LogP contribution in [-0.4, -0.2) is 54.7 Å². The van der Waals surface area contributed by atoms with Gasteiger partial charge >= 0.3 is 0 Å². The van der Waals surface area contributed by atoms with Crippen molar-refractivity contribution in [3.63, 3.8) is 0 Å². The minimum Gasteiger partial charge on any atom is -0.490 e. The van der Waals surface area contributed by atoms with Crippen molar-refractivity contribution < 1.29 is 9.13 Å². The average Bonchev–Trinajstić information content (AvgIpc) is 2.57. The second kappa shape index (κ2) is 6.17. The highest BCUT2D eigenvalue weighted by molar-refractivity contribution is 5.22. The molecule has 0 aromatic heterocycles. The summed E-state index contributed by atoms with van der Waals surface area (Å²) in [5, 5.41) is 0. The number of hydrogen-bond donors (Lipinski definition) is 0. The minimum atomic E-state index is -0.220. The number of fused-ring (bicyclic) bond motifs is 3. The Bertz CT molecular complexity index is 508. The van der Waals surface area contributed by atoms with Gasteiger partial charge in [0.2, 0.25) is 0 Å². The van der Waals surface area contributed by atoms with Crippen LogP contribution in [0.25, 0.3) is 0 Å². The van der Waals surface area contributed by atoms with Crippen LogP contribution in [0, 0.1) is 11.7 Å². The van der Waals surface area contributed by atoms with E-state index in [1.54, 1.807) is 6.07 Å². The summed E-state index contributed by atoms with van der Waals surface area (Å²) < 4.78 is 19.2. The number of benzene rings is 1. The van der Waals surface area contributed by atoms with Gasteiger partial charge in [0.15, 0.2) is 0 Å². The molecule has 4 aliphatic heterocycles. The van der Waals surface area contributed by atoms with Gasteiger partial charge in [0.25, 0.3) is 0 Å². The smallest absolute Gasteiger partial charge is 0.126 e. The van der Waals surface area contributed by atoms with E-state index in [9.17, 15) is 4.39 Å². The number of piperidine rings is 4. The Morgan fingerprint density at radius 2 is 1.77 bits per heavy atom. The Morgan fingerprint density at radius 1 is 1.00 bits per heavy atom. The molecule has 1 atom stereocenters. The monoisotopic (exact) mass is 304 g/mol. The number of rotatable bonds is 3. The highest BCUT2D eigenvalue weighted by Gasteiger charge is 2.38. The largest absolute Gasteiger partial charge is 0.490 e. The quantitative estimate of drug-likeness (QED) is 0.854. The van der Waals surface area contributed by atoms with Gasteiger partial charge in [0.1, 0.15) is 17.7 Å². The van der Waals surface area contributed by atoms with E-state index in [4.69, 9.17) is 4.74 Å². The Morgan fingerprint density at radius 3 is 2.41 bits per heavy atom. The van der Waals surface area contributed by atoms with Crippen LogP contribution in [0.1, 0.15) is 25.7 Å². The molecule has 4 saturated heterocycles. The molecular formula is C18H25FN2O. The van der Waals surface area contributed by atoms with Crippen LogP contribution in [0.2, 0.25) is 0 Å². The standard InChI is InChI=1S/C18H25FN2O/c19-15-2-1-3-17(12-15)22-16-6-10-21(11-7-16)18-13-20-8-4-14(18)5-9-20/h1-3,12,14,16,18H,4-11,13H2/t18-/m0/s1. The summed E-state index contributed by atoms with van der Waals surface area (Å²) >= 11 is 0. The van der Waals surface area contributed by atoms with E-state index in [0.29, 0.717) is 5.75 Å². The fourth-order valence-electron chi connectivity index (χ4n) is 4.41. The molecule has 4 aliphatic rings. The van der Waals surface area contributed by atoms with Gasteiger partial charge in [-0.25, -0.2) is 4.39 Å². The van der Waals surface area contributed by atoms with E-state index in [0.717, 1.165) is 37.9 Å². The lowest BCUT2D eigenvalue weighted by atomic mass is 9.82. The van der Waals surface area contributed by atoms with E-state index in [-0.39, 0.29) is 11.9 Å². The number of ether oxygens (including phenoxy) is 1. The van der Waals surface area contributed by atoms with E-state index in [2.05, 4.69) is 9.80 Å². The molecule has 2 bridgehead atoms. The molecule has 1 aromatic carbocycles. The van der Waals surface area contributed by atoms with Crippen LogP contribution in [0.4, 0.5) is 4.39 Å². The molecule has 5 rings (SSSR count). The van der Waals surface area contributed by atoms with Crippen molar-refractivity contribution in [3.05, 3.63) is 30.1 Å². The number of hydrogen-bond acceptors (Lipinski definition) is 3. The molecule has 0 amide bonds. The topological polar surface area (TPSA) is 15.7 Å². The first kappa shape index (κ1) is 14.5. The summed E-state index contributed by atoms with van der Waals surface area (Å²) in [6.07, 6.45) is 5.10. The first-order valence-corrected chi connectivity index (χ1v) is 8.66. The first-order valence-electron chi connectivity index (χ1n) is 8.66. The fraction of sp³-hybridized carbons (Fsp3) is 0.667. The molecule has 4 heteroatoms. The van der Waals surface area contributed by atoms with Gasteiger partial charge in [0, 0.05) is 31.7 Å². The van der Waals surface area contributed by atoms with Crippen LogP contribution >= 0.6 is 0 Å². The molecule has 0 spiro atoms. The number of halogens is 1. The predicted octanol–water partition coefficient (Wildman–Crippen LogP) is 2.76. The van der Waals surface area contributed by atoms with Crippen LogP contribution in [-0.2, 0) is 0 Å². The molecule has 0 N–H and O–H groups in total. The van der Waals surface area contributed by atoms with Crippen molar-refractivity contribution in [1.82, 2.24) is 9.80 Å². The lowest BCUT2D eigenvalue weighted by Crippen LogP contribution is -2.59. The molecule has 0 radical (unpaired) electrons. The summed E-state index contributed by atoms with van der Waals surface area (Å²) in [5.74, 6) is 1.36. The van der Waals surface area contributed by atoms with E-state index < -0.39 is 0 Å². The molecule has 22 heavy (non-hydrogen) atoms. The number of nitrogens with zero attached hydrogens (tertiary/aromatic N) is 2. The van der Waals surface area contributed by atoms with Gasteiger partial charge in [-0.1, -0.05) is 6.07 Å². The molecule has 4 fully saturated rings. The van der Waals surface area contributed by atoms with Crippen LogP contribution < -0.4 is 4.74 Å². The molecule has 3 nitrogen and oxygen atoms in total. The number of likely N-dealkylation sites (tertiary alicyclic amines) is 1. The first-order chi connectivity index (χ1) is 10.8. The third-order valence-electron chi connectivity index (χ3n) is 5.67. The van der Waals surface area contributed by atoms with Crippen molar-refractivity contribution in [3.8, 4) is 5.75 Å². The van der Waals surface area contributed by atoms with Crippen molar-refractivity contribution in [1.29, 1.82) is 0 Å². The Labute approximate surface area is 132 Å². The summed E-state index contributed by atoms with van der Waals surface area (Å²) in [4.78, 5) is 5.31. The second-order valence-electron chi connectivity index (χ2n) is 7.02. The zero-order chi connectivity index (χ0) is 14.9. The van der Waals surface area contributed by atoms with Crippen molar-refractivity contribution in [2.24, 2.45) is 5.92 Å². The molecule has 0 unspecified atom stereocenters. The van der Waals surface area contributed by atoms with E-state index in [1.165, 1.54) is 44.6 Å². The van der Waals surface area contributed by atoms with Crippen LogP contribution in [0.5, 0.6) is 5.75 Å². The van der Waals surface area contributed by atoms with E-state index >= 15 is 0 Å². The van der Waals surface area contributed by atoms with Gasteiger partial charge in [0.05, 0.1) is 0 Å². The van der Waals surface area contributed by atoms with Crippen molar-refractivity contribution >= 4 is 0 Å². The van der Waals surface area contributed by atoms with Gasteiger partial charge in [-0.05, 0) is 56.8 Å². The van der Waals surface area contributed by atoms with Gasteiger partial charge in [-0.15, -0.1) is 0 Å². The maximum atomic E-state index is 13.2. The van der Waals surface area contributed by atoms with E-state index in [1.807, 2.05) is 6.07 Å². The molecule has 4 heterocycles. The third kappa shape index (κ3) is 2.99. The Kier molecular flexibility index (Phi) is 4.05. The van der Waals surface area contributed by atoms with Crippen molar-refractivity contribution in [2.45, 2.75) is 37.8 Å². The maximum Gasteiger partial charge on any atom is 0.126 e. The highest BCUT2D eigenvalue weighted by atomic mass is 19.1. The van der Waals surface area contributed by atoms with Crippen molar-refractivity contribution in [2.75, 3.05) is 32.7 Å². The van der Waals surface area contributed by atoms with Crippen LogP contribution in [0.3, 0.4) is 0 Å². The lowest BCUT2D eigenvalue weighted by Gasteiger charge is -2.50. The zero-order valence-electron chi connectivity index (χ0n) is 13.1. The molecule has 1 aromatic rings. The average molecular weight is 304 g/mol.